The summed E-state index contributed by atoms with van der Waals surface area (Å²) in [6.07, 6.45) is 1.70. The molecule has 0 amide bonds. The number of sulfonamides is 1. The Morgan fingerprint density at radius 3 is 2.80 bits per heavy atom. The van der Waals surface area contributed by atoms with E-state index in [0.717, 1.165) is 25.0 Å². The molecule has 1 fully saturated rings. The molecule has 0 bridgehead atoms. The fraction of sp³-hybridized carbons (Fsp3) is 0.538. The zero-order valence-electron chi connectivity index (χ0n) is 11.2. The number of benzene rings is 1. The largest absolute Gasteiger partial charge is 0.328 e. The third-order valence-electron chi connectivity index (χ3n) is 3.69. The molecule has 1 aliphatic rings. The van der Waals surface area contributed by atoms with Gasteiger partial charge in [-0.25, -0.2) is 12.8 Å². The predicted molar refractivity (Wildman–Crippen MR) is 76.5 cm³/mol. The molecule has 4 nitrogen and oxygen atoms in total. The number of nitrogens with zero attached hydrogens (tertiary/aromatic N) is 1. The van der Waals surface area contributed by atoms with E-state index in [2.05, 4.69) is 0 Å². The monoisotopic (exact) mass is 320 g/mol. The van der Waals surface area contributed by atoms with E-state index < -0.39 is 15.8 Å². The van der Waals surface area contributed by atoms with Gasteiger partial charge in [-0.2, -0.15) is 4.31 Å². The van der Waals surface area contributed by atoms with Crippen LogP contribution in [0.4, 0.5) is 4.39 Å². The molecule has 20 heavy (non-hydrogen) atoms. The smallest absolute Gasteiger partial charge is 0.243 e. The topological polar surface area (TPSA) is 63.4 Å². The summed E-state index contributed by atoms with van der Waals surface area (Å²) in [6.45, 7) is 2.74. The molecule has 7 heteroatoms. The molecule has 2 unspecified atom stereocenters. The highest BCUT2D eigenvalue weighted by Gasteiger charge is 2.31. The Bertz CT molecular complexity index is 592. The standard InChI is InChI=1S/C13H18ClFN2O2S/c1-9(16)10-3-2-6-17(8-10)20(18,19)11-4-5-13(15)12(14)7-11/h4-5,7,9-10H,2-3,6,8,16H2,1H3. The first-order valence-corrected chi connectivity index (χ1v) is 8.35. The van der Waals surface area contributed by atoms with Gasteiger partial charge in [0.15, 0.2) is 0 Å². The van der Waals surface area contributed by atoms with Crippen molar-refractivity contribution in [2.75, 3.05) is 13.1 Å². The van der Waals surface area contributed by atoms with Crippen molar-refractivity contribution in [3.63, 3.8) is 0 Å². The van der Waals surface area contributed by atoms with Gasteiger partial charge in [0.05, 0.1) is 9.92 Å². The Morgan fingerprint density at radius 2 is 2.20 bits per heavy atom. The minimum absolute atomic E-state index is 0.0224. The van der Waals surface area contributed by atoms with Gasteiger partial charge in [0.1, 0.15) is 5.82 Å². The van der Waals surface area contributed by atoms with Gasteiger partial charge in [0.2, 0.25) is 10.0 Å². The fourth-order valence-electron chi connectivity index (χ4n) is 2.41. The molecule has 0 spiro atoms. The number of hydrogen-bond acceptors (Lipinski definition) is 3. The zero-order chi connectivity index (χ0) is 14.9. The van der Waals surface area contributed by atoms with Crippen LogP contribution < -0.4 is 5.73 Å². The van der Waals surface area contributed by atoms with Crippen LogP contribution in [0.15, 0.2) is 23.1 Å². The molecule has 1 aromatic rings. The van der Waals surface area contributed by atoms with Crippen molar-refractivity contribution in [2.45, 2.75) is 30.7 Å². The lowest BCUT2D eigenvalue weighted by Crippen LogP contribution is -2.44. The highest BCUT2D eigenvalue weighted by atomic mass is 35.5. The molecule has 1 heterocycles. The lowest BCUT2D eigenvalue weighted by atomic mass is 9.93. The maximum absolute atomic E-state index is 13.1. The van der Waals surface area contributed by atoms with Gasteiger partial charge < -0.3 is 5.73 Å². The Balaban J connectivity index is 2.27. The SMILES string of the molecule is CC(N)C1CCCN(S(=O)(=O)c2ccc(F)c(Cl)c2)C1. The van der Waals surface area contributed by atoms with Gasteiger partial charge in [-0.15, -0.1) is 0 Å². The highest BCUT2D eigenvalue weighted by Crippen LogP contribution is 2.27. The number of halogens is 2. The van der Waals surface area contributed by atoms with Crippen LogP contribution in [-0.2, 0) is 10.0 Å². The highest BCUT2D eigenvalue weighted by molar-refractivity contribution is 7.89. The van der Waals surface area contributed by atoms with E-state index in [1.165, 1.54) is 10.4 Å². The van der Waals surface area contributed by atoms with Crippen molar-refractivity contribution < 1.29 is 12.8 Å². The number of nitrogens with two attached hydrogens (primary N) is 1. The molecule has 0 saturated carbocycles. The van der Waals surface area contributed by atoms with Gasteiger partial charge in [-0.1, -0.05) is 11.6 Å². The molecular weight excluding hydrogens is 303 g/mol. The molecule has 1 aromatic carbocycles. The summed E-state index contributed by atoms with van der Waals surface area (Å²) in [5.41, 5.74) is 5.86. The van der Waals surface area contributed by atoms with Gasteiger partial charge in [0, 0.05) is 19.1 Å². The van der Waals surface area contributed by atoms with Crippen molar-refractivity contribution in [1.29, 1.82) is 0 Å². The van der Waals surface area contributed by atoms with Crippen LogP contribution in [0.2, 0.25) is 5.02 Å². The first kappa shape index (κ1) is 15.7. The summed E-state index contributed by atoms with van der Waals surface area (Å²) < 4.78 is 39.6. The van der Waals surface area contributed by atoms with Crippen LogP contribution in [-0.4, -0.2) is 31.9 Å². The molecule has 0 aromatic heterocycles. The van der Waals surface area contributed by atoms with Crippen molar-refractivity contribution in [2.24, 2.45) is 11.7 Å². The van der Waals surface area contributed by atoms with E-state index in [0.29, 0.717) is 13.1 Å². The number of piperidine rings is 1. The minimum Gasteiger partial charge on any atom is -0.328 e. The summed E-state index contributed by atoms with van der Waals surface area (Å²) in [5.74, 6) is -0.479. The third-order valence-corrected chi connectivity index (χ3v) is 5.84. The van der Waals surface area contributed by atoms with Crippen molar-refractivity contribution in [3.8, 4) is 0 Å². The van der Waals surface area contributed by atoms with Crippen molar-refractivity contribution in [3.05, 3.63) is 29.0 Å². The summed E-state index contributed by atoms with van der Waals surface area (Å²) in [6, 6.07) is 3.42. The first-order chi connectivity index (χ1) is 9.32. The second-order valence-electron chi connectivity index (χ2n) is 5.20. The Kier molecular flexibility index (Phi) is 4.69. The summed E-state index contributed by atoms with van der Waals surface area (Å²) >= 11 is 5.66. The van der Waals surface area contributed by atoms with Gasteiger partial charge >= 0.3 is 0 Å². The second-order valence-corrected chi connectivity index (χ2v) is 7.55. The van der Waals surface area contributed by atoms with E-state index in [-0.39, 0.29) is 21.9 Å². The minimum atomic E-state index is -3.64. The summed E-state index contributed by atoms with van der Waals surface area (Å²) in [4.78, 5) is 0.0224. The summed E-state index contributed by atoms with van der Waals surface area (Å²) in [7, 11) is -3.64. The zero-order valence-corrected chi connectivity index (χ0v) is 12.8. The average molecular weight is 321 g/mol. The third kappa shape index (κ3) is 3.14. The van der Waals surface area contributed by atoms with E-state index in [1.54, 1.807) is 0 Å². The van der Waals surface area contributed by atoms with Crippen LogP contribution in [0, 0.1) is 11.7 Å². The molecular formula is C13H18ClFN2O2S. The Hall–Kier alpha value is -0.690. The molecule has 112 valence electrons. The van der Waals surface area contributed by atoms with E-state index in [9.17, 15) is 12.8 Å². The predicted octanol–water partition coefficient (Wildman–Crippen LogP) is 2.23. The molecule has 2 N–H and O–H groups in total. The average Bonchev–Trinajstić information content (AvgIpc) is 2.42. The molecule has 2 atom stereocenters. The van der Waals surface area contributed by atoms with E-state index in [1.807, 2.05) is 6.92 Å². The van der Waals surface area contributed by atoms with Crippen LogP contribution in [0.25, 0.3) is 0 Å². The van der Waals surface area contributed by atoms with Gasteiger partial charge in [0.25, 0.3) is 0 Å². The maximum atomic E-state index is 13.1. The second kappa shape index (κ2) is 5.97. The summed E-state index contributed by atoms with van der Waals surface area (Å²) in [5, 5.41) is -0.188. The van der Waals surface area contributed by atoms with Crippen LogP contribution in [0.5, 0.6) is 0 Å². The van der Waals surface area contributed by atoms with Crippen molar-refractivity contribution >= 4 is 21.6 Å². The van der Waals surface area contributed by atoms with Crippen LogP contribution in [0.1, 0.15) is 19.8 Å². The molecule has 2 rings (SSSR count). The Labute approximate surface area is 123 Å². The number of rotatable bonds is 3. The van der Waals surface area contributed by atoms with E-state index in [4.69, 9.17) is 17.3 Å². The maximum Gasteiger partial charge on any atom is 0.243 e. The normalized spacial score (nSPS) is 22.7. The molecule has 0 radical (unpaired) electrons. The molecule has 1 saturated heterocycles. The van der Waals surface area contributed by atoms with Crippen molar-refractivity contribution in [1.82, 2.24) is 4.31 Å². The van der Waals surface area contributed by atoms with Gasteiger partial charge in [-0.3, -0.25) is 0 Å². The Morgan fingerprint density at radius 1 is 1.50 bits per heavy atom. The quantitative estimate of drug-likeness (QED) is 0.929. The van der Waals surface area contributed by atoms with Crippen LogP contribution >= 0.6 is 11.6 Å². The lowest BCUT2D eigenvalue weighted by Gasteiger charge is -2.33. The van der Waals surface area contributed by atoms with Gasteiger partial charge in [-0.05, 0) is 43.9 Å². The number of hydrogen-bond donors (Lipinski definition) is 1. The van der Waals surface area contributed by atoms with E-state index >= 15 is 0 Å². The first-order valence-electron chi connectivity index (χ1n) is 6.53. The fourth-order valence-corrected chi connectivity index (χ4v) is 4.22. The lowest BCUT2D eigenvalue weighted by molar-refractivity contribution is 0.243. The molecule has 1 aliphatic heterocycles. The molecule has 0 aliphatic carbocycles. The van der Waals surface area contributed by atoms with Crippen LogP contribution in [0.3, 0.4) is 0 Å².